The summed E-state index contributed by atoms with van der Waals surface area (Å²) in [4.78, 5) is 14.7. The molecule has 10 rings (SSSR count). The maximum Gasteiger partial charge on any atom is 0.160 e. The Labute approximate surface area is 287 Å². The van der Waals surface area contributed by atoms with Gasteiger partial charge in [0, 0.05) is 50.0 Å². The van der Waals surface area contributed by atoms with E-state index in [4.69, 9.17) is 18.8 Å². The van der Waals surface area contributed by atoms with E-state index in [2.05, 4.69) is 83.8 Å². The lowest BCUT2D eigenvalue weighted by Crippen LogP contribution is -1.96. The first-order chi connectivity index (χ1) is 24.8. The number of pyridine rings is 1. The summed E-state index contributed by atoms with van der Waals surface area (Å²) in [6, 6.07) is 53.6. The van der Waals surface area contributed by atoms with Crippen molar-refractivity contribution in [3.05, 3.63) is 164 Å². The van der Waals surface area contributed by atoms with Gasteiger partial charge >= 0.3 is 0 Å². The Balaban J connectivity index is 1.17. The van der Waals surface area contributed by atoms with Crippen molar-refractivity contribution >= 4 is 43.9 Å². The fourth-order valence-electron chi connectivity index (χ4n) is 6.96. The standard InChI is InChI=1S/C45H27N3O2/c1-2-10-30(11-3-1)45-47-38(29-19-17-28(18-20-29)37-14-8-9-25-46-37)27-39(48-45)35-24-23-32(43-36-13-5-7-16-41(36)50-44(35)43)31-21-22-34-33-12-4-6-15-40(33)49-42(34)26-31/h1-27H. The number of fused-ring (bicyclic) bond motifs is 6. The van der Waals surface area contributed by atoms with Gasteiger partial charge in [0.25, 0.3) is 0 Å². The second-order valence-electron chi connectivity index (χ2n) is 12.4. The van der Waals surface area contributed by atoms with Crippen LogP contribution in [0.5, 0.6) is 0 Å². The molecule has 50 heavy (non-hydrogen) atoms. The number of furan rings is 2. The highest BCUT2D eigenvalue weighted by Gasteiger charge is 2.20. The Bertz CT molecular complexity index is 2850. The third-order valence-corrected chi connectivity index (χ3v) is 9.39. The first-order valence-corrected chi connectivity index (χ1v) is 16.6. The predicted molar refractivity (Wildman–Crippen MR) is 202 cm³/mol. The molecule has 0 aliphatic heterocycles. The Morgan fingerprint density at radius 3 is 1.82 bits per heavy atom. The van der Waals surface area contributed by atoms with E-state index in [9.17, 15) is 0 Å². The lowest BCUT2D eigenvalue weighted by atomic mass is 9.95. The van der Waals surface area contributed by atoms with Crippen molar-refractivity contribution in [1.29, 1.82) is 0 Å². The summed E-state index contributed by atoms with van der Waals surface area (Å²) in [5.74, 6) is 0.649. The number of hydrogen-bond acceptors (Lipinski definition) is 5. The van der Waals surface area contributed by atoms with Crippen LogP contribution in [0.4, 0.5) is 0 Å². The summed E-state index contributed by atoms with van der Waals surface area (Å²) in [5.41, 5.74) is 11.9. The fourth-order valence-corrected chi connectivity index (χ4v) is 6.96. The van der Waals surface area contributed by atoms with Crippen LogP contribution < -0.4 is 0 Å². The average molecular weight is 642 g/mol. The minimum absolute atomic E-state index is 0.649. The number of rotatable bonds is 5. The number of aromatic nitrogens is 3. The van der Waals surface area contributed by atoms with Crippen LogP contribution in [0.25, 0.3) is 100 Å². The molecule has 0 saturated heterocycles. The molecule has 0 fully saturated rings. The second kappa shape index (κ2) is 11.4. The Morgan fingerprint density at radius 2 is 1.02 bits per heavy atom. The highest BCUT2D eigenvalue weighted by molar-refractivity contribution is 6.17. The van der Waals surface area contributed by atoms with Gasteiger partial charge in [0.05, 0.1) is 17.1 Å². The number of benzene rings is 6. The molecule has 0 saturated carbocycles. The molecule has 5 heteroatoms. The molecule has 0 spiro atoms. The Hall–Kier alpha value is -6.85. The van der Waals surface area contributed by atoms with Crippen LogP contribution >= 0.6 is 0 Å². The predicted octanol–water partition coefficient (Wildman–Crippen LogP) is 12.0. The molecule has 0 N–H and O–H groups in total. The average Bonchev–Trinajstić information content (AvgIpc) is 3.77. The van der Waals surface area contributed by atoms with E-state index in [1.807, 2.05) is 85.1 Å². The van der Waals surface area contributed by atoms with Crippen molar-refractivity contribution in [2.45, 2.75) is 0 Å². The quantitative estimate of drug-likeness (QED) is 0.187. The monoisotopic (exact) mass is 641 g/mol. The summed E-state index contributed by atoms with van der Waals surface area (Å²) in [5, 5.41) is 4.30. The zero-order valence-corrected chi connectivity index (χ0v) is 26.7. The first-order valence-electron chi connectivity index (χ1n) is 16.6. The molecular formula is C45H27N3O2. The maximum atomic E-state index is 6.70. The van der Waals surface area contributed by atoms with Gasteiger partial charge in [-0.25, -0.2) is 9.97 Å². The topological polar surface area (TPSA) is 65.0 Å². The van der Waals surface area contributed by atoms with Gasteiger partial charge in [-0.1, -0.05) is 109 Å². The zero-order chi connectivity index (χ0) is 33.0. The molecule has 4 aromatic heterocycles. The second-order valence-corrected chi connectivity index (χ2v) is 12.4. The van der Waals surface area contributed by atoms with E-state index in [1.165, 1.54) is 0 Å². The third-order valence-electron chi connectivity index (χ3n) is 9.39. The lowest BCUT2D eigenvalue weighted by Gasteiger charge is -2.12. The van der Waals surface area contributed by atoms with Crippen LogP contribution in [0.15, 0.2) is 173 Å². The van der Waals surface area contributed by atoms with Crippen LogP contribution in [0.3, 0.4) is 0 Å². The largest absolute Gasteiger partial charge is 0.456 e. The number of hydrogen-bond donors (Lipinski definition) is 0. The van der Waals surface area contributed by atoms with Crippen LogP contribution in [-0.4, -0.2) is 15.0 Å². The molecule has 0 amide bonds. The van der Waals surface area contributed by atoms with Gasteiger partial charge in [0.2, 0.25) is 0 Å². The summed E-state index contributed by atoms with van der Waals surface area (Å²) in [6.07, 6.45) is 1.81. The minimum atomic E-state index is 0.649. The maximum absolute atomic E-state index is 6.70. The molecule has 5 nitrogen and oxygen atoms in total. The summed E-state index contributed by atoms with van der Waals surface area (Å²) < 4.78 is 13.0. The molecule has 6 aromatic carbocycles. The van der Waals surface area contributed by atoms with Crippen molar-refractivity contribution in [3.63, 3.8) is 0 Å². The van der Waals surface area contributed by atoms with Gasteiger partial charge in [0.1, 0.15) is 22.3 Å². The minimum Gasteiger partial charge on any atom is -0.456 e. The SMILES string of the molecule is c1ccc(-c2nc(-c3ccc(-c4ccccn4)cc3)cc(-c3ccc(-c4ccc5c(c4)oc4ccccc45)c4c3oc3ccccc34)n2)cc1. The smallest absolute Gasteiger partial charge is 0.160 e. The molecule has 0 bridgehead atoms. The summed E-state index contributed by atoms with van der Waals surface area (Å²) in [7, 11) is 0. The van der Waals surface area contributed by atoms with E-state index in [1.54, 1.807) is 0 Å². The van der Waals surface area contributed by atoms with Crippen LogP contribution in [0.1, 0.15) is 0 Å². The normalized spacial score (nSPS) is 11.6. The van der Waals surface area contributed by atoms with Crippen LogP contribution in [-0.2, 0) is 0 Å². The van der Waals surface area contributed by atoms with Crippen molar-refractivity contribution in [2.75, 3.05) is 0 Å². The molecule has 10 aromatic rings. The first kappa shape index (κ1) is 28.2. The summed E-state index contributed by atoms with van der Waals surface area (Å²) in [6.45, 7) is 0. The van der Waals surface area contributed by atoms with Gasteiger partial charge in [-0.15, -0.1) is 0 Å². The molecule has 4 heterocycles. The van der Waals surface area contributed by atoms with E-state index < -0.39 is 0 Å². The Kier molecular flexibility index (Phi) is 6.42. The van der Waals surface area contributed by atoms with Gasteiger partial charge in [-0.2, -0.15) is 0 Å². The van der Waals surface area contributed by atoms with Crippen molar-refractivity contribution in [2.24, 2.45) is 0 Å². The zero-order valence-electron chi connectivity index (χ0n) is 26.7. The molecule has 0 radical (unpaired) electrons. The molecule has 0 unspecified atom stereocenters. The molecule has 0 atom stereocenters. The molecule has 234 valence electrons. The van der Waals surface area contributed by atoms with E-state index >= 15 is 0 Å². The lowest BCUT2D eigenvalue weighted by molar-refractivity contribution is 0.668. The molecular weight excluding hydrogens is 615 g/mol. The van der Waals surface area contributed by atoms with Gasteiger partial charge < -0.3 is 8.83 Å². The Morgan fingerprint density at radius 1 is 0.380 bits per heavy atom. The highest BCUT2D eigenvalue weighted by atomic mass is 16.3. The van der Waals surface area contributed by atoms with Crippen LogP contribution in [0.2, 0.25) is 0 Å². The third kappa shape index (κ3) is 4.67. The van der Waals surface area contributed by atoms with Crippen LogP contribution in [0, 0.1) is 0 Å². The molecule has 0 aliphatic carbocycles. The van der Waals surface area contributed by atoms with E-state index in [0.717, 1.165) is 94.3 Å². The van der Waals surface area contributed by atoms with Gasteiger partial charge in [0.15, 0.2) is 5.82 Å². The molecule has 0 aliphatic rings. The number of para-hydroxylation sites is 2. The number of nitrogens with zero attached hydrogens (tertiary/aromatic N) is 3. The fraction of sp³-hybridized carbons (Fsp3) is 0. The highest BCUT2D eigenvalue weighted by Crippen LogP contribution is 2.43. The van der Waals surface area contributed by atoms with E-state index in [-0.39, 0.29) is 0 Å². The summed E-state index contributed by atoms with van der Waals surface area (Å²) >= 11 is 0. The van der Waals surface area contributed by atoms with E-state index in [0.29, 0.717) is 5.82 Å². The van der Waals surface area contributed by atoms with Crippen molar-refractivity contribution < 1.29 is 8.83 Å². The van der Waals surface area contributed by atoms with Gasteiger partial charge in [-0.05, 0) is 59.7 Å². The van der Waals surface area contributed by atoms with Crippen molar-refractivity contribution in [3.8, 4) is 56.3 Å². The van der Waals surface area contributed by atoms with Crippen molar-refractivity contribution in [1.82, 2.24) is 15.0 Å². The van der Waals surface area contributed by atoms with Gasteiger partial charge in [-0.3, -0.25) is 4.98 Å².